The number of likely N-dealkylation sites (N-methyl/N-ethyl adjacent to an activating group) is 1. The van der Waals surface area contributed by atoms with Crippen LogP contribution in [0.3, 0.4) is 0 Å². The number of carbonyl (C=O) groups is 2. The van der Waals surface area contributed by atoms with Crippen LogP contribution in [0.25, 0.3) is 0 Å². The van der Waals surface area contributed by atoms with Gasteiger partial charge in [-0.05, 0) is 47.4 Å². The zero-order chi connectivity index (χ0) is 19.3. The molecule has 0 aliphatic carbocycles. The number of carbonyl (C=O) groups excluding carboxylic acids is 2. The summed E-state index contributed by atoms with van der Waals surface area (Å²) in [5, 5.41) is 2.57. The fourth-order valence-corrected chi connectivity index (χ4v) is 3.13. The smallest absolute Gasteiger partial charge is 0.336 e. The number of anilines is 1. The van der Waals surface area contributed by atoms with Crippen molar-refractivity contribution in [3.8, 4) is 0 Å². The molecule has 1 saturated heterocycles. The van der Waals surface area contributed by atoms with Gasteiger partial charge in [0.05, 0.1) is 19.0 Å². The van der Waals surface area contributed by atoms with Crippen molar-refractivity contribution in [1.82, 2.24) is 14.8 Å². The minimum Gasteiger partial charge on any atom is -0.336 e. The van der Waals surface area contributed by atoms with E-state index in [1.54, 1.807) is 12.1 Å². The number of hydrogen-bond donors (Lipinski definition) is 1. The summed E-state index contributed by atoms with van der Waals surface area (Å²) in [6.45, 7) is -0.830. The molecule has 1 aromatic heterocycles. The molecular formula is C16H20BrF3N4O2. The number of aromatic nitrogens is 1. The quantitative estimate of drug-likeness (QED) is 0.769. The molecule has 0 spiro atoms. The topological polar surface area (TPSA) is 65.5 Å². The highest BCUT2D eigenvalue weighted by atomic mass is 79.9. The molecule has 0 unspecified atom stereocenters. The highest BCUT2D eigenvalue weighted by Crippen LogP contribution is 2.23. The molecule has 144 valence electrons. The van der Waals surface area contributed by atoms with E-state index in [9.17, 15) is 22.8 Å². The molecule has 1 N–H and O–H groups in total. The SMILES string of the molecule is CN(CC(=O)Nc1ccc(Br)cn1)C(=O)[C@@H]1CCCN(CC(F)(F)F)C1. The second kappa shape index (κ2) is 8.81. The number of piperidine rings is 1. The van der Waals surface area contributed by atoms with Crippen LogP contribution in [0.1, 0.15) is 12.8 Å². The first-order valence-electron chi connectivity index (χ1n) is 8.09. The Morgan fingerprint density at radius 1 is 1.42 bits per heavy atom. The Kier molecular flexibility index (Phi) is 6.99. The van der Waals surface area contributed by atoms with Crippen LogP contribution in [0.15, 0.2) is 22.8 Å². The van der Waals surface area contributed by atoms with E-state index in [1.807, 2.05) is 0 Å². The highest BCUT2D eigenvalue weighted by molar-refractivity contribution is 9.10. The highest BCUT2D eigenvalue weighted by Gasteiger charge is 2.35. The second-order valence-electron chi connectivity index (χ2n) is 6.29. The maximum absolute atomic E-state index is 12.5. The van der Waals surface area contributed by atoms with Gasteiger partial charge in [-0.1, -0.05) is 0 Å². The van der Waals surface area contributed by atoms with Crippen molar-refractivity contribution in [3.05, 3.63) is 22.8 Å². The van der Waals surface area contributed by atoms with Crippen LogP contribution in [-0.2, 0) is 9.59 Å². The molecule has 1 fully saturated rings. The van der Waals surface area contributed by atoms with E-state index in [4.69, 9.17) is 0 Å². The van der Waals surface area contributed by atoms with E-state index in [-0.39, 0.29) is 19.0 Å². The number of likely N-dealkylation sites (tertiary alicyclic amines) is 1. The Bertz CT molecular complexity index is 639. The molecule has 10 heteroatoms. The number of nitrogens with one attached hydrogen (secondary N) is 1. The van der Waals surface area contributed by atoms with Crippen LogP contribution in [-0.4, -0.2) is 66.0 Å². The summed E-state index contributed by atoms with van der Waals surface area (Å²) in [6.07, 6.45) is -1.71. The van der Waals surface area contributed by atoms with E-state index in [2.05, 4.69) is 26.2 Å². The normalized spacial score (nSPS) is 18.4. The molecule has 26 heavy (non-hydrogen) atoms. The molecule has 6 nitrogen and oxygen atoms in total. The maximum Gasteiger partial charge on any atom is 0.401 e. The van der Waals surface area contributed by atoms with Crippen molar-refractivity contribution in [1.29, 1.82) is 0 Å². The molecule has 1 aromatic rings. The zero-order valence-electron chi connectivity index (χ0n) is 14.2. The van der Waals surface area contributed by atoms with Crippen LogP contribution in [0.2, 0.25) is 0 Å². The Balaban J connectivity index is 1.85. The van der Waals surface area contributed by atoms with Crippen molar-refractivity contribution in [2.75, 3.05) is 38.5 Å². The van der Waals surface area contributed by atoms with E-state index in [0.29, 0.717) is 25.2 Å². The molecule has 0 bridgehead atoms. The third-order valence-electron chi connectivity index (χ3n) is 4.01. The van der Waals surface area contributed by atoms with Crippen LogP contribution in [0, 0.1) is 5.92 Å². The van der Waals surface area contributed by atoms with E-state index >= 15 is 0 Å². The van der Waals surface area contributed by atoms with Crippen LogP contribution in [0.5, 0.6) is 0 Å². The summed E-state index contributed by atoms with van der Waals surface area (Å²) in [6, 6.07) is 3.33. The van der Waals surface area contributed by atoms with Gasteiger partial charge in [-0.15, -0.1) is 0 Å². The van der Waals surface area contributed by atoms with Crippen LogP contribution >= 0.6 is 15.9 Å². The third-order valence-corrected chi connectivity index (χ3v) is 4.48. The predicted octanol–water partition coefficient (Wildman–Crippen LogP) is 2.52. The van der Waals surface area contributed by atoms with E-state index in [0.717, 1.165) is 4.47 Å². The van der Waals surface area contributed by atoms with Crippen molar-refractivity contribution < 1.29 is 22.8 Å². The van der Waals surface area contributed by atoms with Gasteiger partial charge in [-0.2, -0.15) is 13.2 Å². The standard InChI is InChI=1S/C16H20BrF3N4O2/c1-23(9-14(25)22-13-5-4-12(17)7-21-13)15(26)11-3-2-6-24(8-11)10-16(18,19)20/h4-5,7,11H,2-3,6,8-10H2,1H3,(H,21,22,25)/t11-/m1/s1. The average molecular weight is 437 g/mol. The van der Waals surface area contributed by atoms with Gasteiger partial charge in [-0.3, -0.25) is 14.5 Å². The summed E-state index contributed by atoms with van der Waals surface area (Å²) >= 11 is 3.24. The van der Waals surface area contributed by atoms with Gasteiger partial charge < -0.3 is 10.2 Å². The van der Waals surface area contributed by atoms with Gasteiger partial charge in [0, 0.05) is 24.3 Å². The maximum atomic E-state index is 12.5. The largest absolute Gasteiger partial charge is 0.401 e. The first kappa shape index (κ1) is 20.6. The second-order valence-corrected chi connectivity index (χ2v) is 7.21. The number of alkyl halides is 3. The first-order valence-corrected chi connectivity index (χ1v) is 8.89. The summed E-state index contributed by atoms with van der Waals surface area (Å²) in [7, 11) is 1.47. The molecule has 1 atom stereocenters. The first-order chi connectivity index (χ1) is 12.1. The molecule has 1 aliphatic heterocycles. The Labute approximate surface area is 157 Å². The molecule has 2 heterocycles. The fourth-order valence-electron chi connectivity index (χ4n) is 2.89. The summed E-state index contributed by atoms with van der Waals surface area (Å²) < 4.78 is 38.4. The van der Waals surface area contributed by atoms with Gasteiger partial charge in [-0.25, -0.2) is 4.98 Å². The predicted molar refractivity (Wildman–Crippen MR) is 93.4 cm³/mol. The lowest BCUT2D eigenvalue weighted by Crippen LogP contribution is -2.47. The van der Waals surface area contributed by atoms with Gasteiger partial charge in [0.25, 0.3) is 0 Å². The van der Waals surface area contributed by atoms with Crippen LogP contribution < -0.4 is 5.32 Å². The number of nitrogens with zero attached hydrogens (tertiary/aromatic N) is 3. The van der Waals surface area contributed by atoms with Crippen molar-refractivity contribution in [2.45, 2.75) is 19.0 Å². The van der Waals surface area contributed by atoms with E-state index < -0.39 is 24.5 Å². The van der Waals surface area contributed by atoms with E-state index in [1.165, 1.54) is 23.0 Å². The molecule has 0 aromatic carbocycles. The Hall–Kier alpha value is -1.68. The number of amides is 2. The van der Waals surface area contributed by atoms with Crippen molar-refractivity contribution >= 4 is 33.6 Å². The average Bonchev–Trinajstić information content (AvgIpc) is 2.55. The fraction of sp³-hybridized carbons (Fsp3) is 0.562. The number of halogens is 4. The number of hydrogen-bond acceptors (Lipinski definition) is 4. The third kappa shape index (κ3) is 6.56. The Morgan fingerprint density at radius 2 is 2.15 bits per heavy atom. The molecule has 0 radical (unpaired) electrons. The number of pyridine rings is 1. The molecular weight excluding hydrogens is 417 g/mol. The van der Waals surface area contributed by atoms with Crippen LogP contribution in [0.4, 0.5) is 19.0 Å². The lowest BCUT2D eigenvalue weighted by atomic mass is 9.96. The lowest BCUT2D eigenvalue weighted by Gasteiger charge is -2.34. The van der Waals surface area contributed by atoms with Gasteiger partial charge in [0.2, 0.25) is 11.8 Å². The monoisotopic (exact) mass is 436 g/mol. The van der Waals surface area contributed by atoms with Gasteiger partial charge in [0.15, 0.2) is 0 Å². The molecule has 2 amide bonds. The lowest BCUT2D eigenvalue weighted by molar-refractivity contribution is -0.154. The molecule has 0 saturated carbocycles. The zero-order valence-corrected chi connectivity index (χ0v) is 15.8. The minimum atomic E-state index is -4.28. The molecule has 1 aliphatic rings. The summed E-state index contributed by atoms with van der Waals surface area (Å²) in [5.41, 5.74) is 0. The molecule has 2 rings (SSSR count). The summed E-state index contributed by atoms with van der Waals surface area (Å²) in [5.74, 6) is -0.919. The van der Waals surface area contributed by atoms with Gasteiger partial charge in [0.1, 0.15) is 5.82 Å². The minimum absolute atomic E-state index is 0.0541. The number of rotatable bonds is 5. The summed E-state index contributed by atoms with van der Waals surface area (Å²) in [4.78, 5) is 31.0. The van der Waals surface area contributed by atoms with Crippen molar-refractivity contribution in [3.63, 3.8) is 0 Å². The van der Waals surface area contributed by atoms with Gasteiger partial charge >= 0.3 is 6.18 Å². The Morgan fingerprint density at radius 3 is 2.77 bits per heavy atom. The van der Waals surface area contributed by atoms with Crippen molar-refractivity contribution in [2.24, 2.45) is 5.92 Å².